The van der Waals surface area contributed by atoms with E-state index >= 15 is 0 Å². The molecular weight excluding hydrogens is 498 g/mol. The van der Waals surface area contributed by atoms with E-state index < -0.39 is 0 Å². The minimum absolute atomic E-state index is 0. The third-order valence-corrected chi connectivity index (χ3v) is 6.38. The topological polar surface area (TPSA) is 6.48 Å². The minimum atomic E-state index is -0.368. The zero-order valence-corrected chi connectivity index (χ0v) is 24.3. The Morgan fingerprint density at radius 1 is 0.912 bits per heavy atom. The third-order valence-electron chi connectivity index (χ3n) is 6.38. The van der Waals surface area contributed by atoms with E-state index in [0.29, 0.717) is 11.8 Å². The first-order valence-corrected chi connectivity index (χ1v) is 15.4. The molecule has 0 unspecified atom stereocenters. The van der Waals surface area contributed by atoms with Crippen molar-refractivity contribution >= 4 is 36.2 Å². The van der Waals surface area contributed by atoms with Gasteiger partial charge in [0.25, 0.3) is 0 Å². The Labute approximate surface area is 222 Å². The third kappa shape index (κ3) is 6.40. The summed E-state index contributed by atoms with van der Waals surface area (Å²) in [7, 11) is 9.72. The van der Waals surface area contributed by atoms with E-state index in [1.807, 2.05) is 0 Å². The molecule has 185 valence electrons. The number of para-hydroxylation sites is 1. The normalized spacial score (nSPS) is 12.9. The fourth-order valence-electron chi connectivity index (χ4n) is 4.67. The van der Waals surface area contributed by atoms with Gasteiger partial charge < -0.3 is 17.2 Å². The van der Waals surface area contributed by atoms with E-state index in [2.05, 4.69) is 113 Å². The summed E-state index contributed by atoms with van der Waals surface area (Å²) in [6.07, 6.45) is 5.47. The molecule has 0 saturated heterocycles. The summed E-state index contributed by atoms with van der Waals surface area (Å²) in [6, 6.07) is 15.8. The number of halogens is 2. The molecule has 0 N–H and O–H groups in total. The van der Waals surface area contributed by atoms with Gasteiger partial charge in [-0.15, -0.1) is 34.0 Å². The van der Waals surface area contributed by atoms with Crippen molar-refractivity contribution in [3.8, 4) is 0 Å². The fraction of sp³-hybridized carbons (Fsp3) is 0.345. The second-order valence-corrected chi connectivity index (χ2v) is 11.6. The van der Waals surface area contributed by atoms with E-state index in [1.165, 1.54) is 44.3 Å². The van der Waals surface area contributed by atoms with Gasteiger partial charge in [-0.1, -0.05) is 64.4 Å². The fourth-order valence-corrected chi connectivity index (χ4v) is 4.67. The molecule has 0 radical (unpaired) electrons. The SMILES string of the molecule is Cc1ccc(C)c2c1cc[c-]2CCN1C=CN(c2c(C(C)C)cccc2C(C)C)[CH-]1.[CH3-].[Cl][V][Cl]. The van der Waals surface area contributed by atoms with Gasteiger partial charge in [0, 0.05) is 5.69 Å². The number of anilines is 1. The van der Waals surface area contributed by atoms with Gasteiger partial charge in [-0.05, 0) is 55.3 Å². The Bertz CT molecular complexity index is 1070. The summed E-state index contributed by atoms with van der Waals surface area (Å²) in [5, 5.41) is 2.85. The number of nitrogens with zero attached hydrogens (tertiary/aromatic N) is 2. The molecule has 0 aliphatic carbocycles. The van der Waals surface area contributed by atoms with Crippen molar-refractivity contribution in [2.24, 2.45) is 0 Å². The van der Waals surface area contributed by atoms with Gasteiger partial charge in [0.05, 0.1) is 0 Å². The van der Waals surface area contributed by atoms with Gasteiger partial charge in [0.15, 0.2) is 0 Å². The summed E-state index contributed by atoms with van der Waals surface area (Å²) in [4.78, 5) is 4.65. The number of fused-ring (bicyclic) bond motifs is 1. The molecule has 3 aromatic rings. The van der Waals surface area contributed by atoms with Crippen LogP contribution in [-0.2, 0) is 20.8 Å². The van der Waals surface area contributed by atoms with Crippen molar-refractivity contribution in [1.82, 2.24) is 4.90 Å². The molecule has 0 fully saturated rings. The molecule has 1 aliphatic heterocycles. The zero-order chi connectivity index (χ0) is 24.1. The van der Waals surface area contributed by atoms with Gasteiger partial charge >= 0.3 is 34.1 Å². The molecule has 1 aliphatic rings. The molecule has 34 heavy (non-hydrogen) atoms. The zero-order valence-electron chi connectivity index (χ0n) is 21.4. The molecule has 0 bridgehead atoms. The standard InChI is InChI=1S/C28H34N2.CH3.2ClH.V/c1-19(2)24-8-7-9-25(20(3)4)28(24)30-17-16-29(18-30)15-14-23-12-13-26-21(5)10-11-22(6)27(23)26;;;;/h7-13,16-20H,14-15H2,1-6H3;1H3;2*1H;/q-2;-1;;;+2/p-2. The van der Waals surface area contributed by atoms with Gasteiger partial charge in [-0.25, -0.2) is 0 Å². The van der Waals surface area contributed by atoms with Crippen LogP contribution in [0.2, 0.25) is 0 Å². The molecule has 0 amide bonds. The first kappa shape index (κ1) is 28.8. The molecular formula is C29H37Cl2N2V-3. The summed E-state index contributed by atoms with van der Waals surface area (Å²) in [5.74, 6) is 0.993. The van der Waals surface area contributed by atoms with Crippen molar-refractivity contribution in [3.05, 3.63) is 96.8 Å². The van der Waals surface area contributed by atoms with Gasteiger partial charge in [0.1, 0.15) is 0 Å². The average molecular weight is 535 g/mol. The average Bonchev–Trinajstić information content (AvgIpc) is 3.42. The van der Waals surface area contributed by atoms with Gasteiger partial charge in [0.2, 0.25) is 0 Å². The number of hydrogen-bond donors (Lipinski definition) is 0. The first-order valence-electron chi connectivity index (χ1n) is 11.5. The molecule has 1 heterocycles. The van der Waals surface area contributed by atoms with Crippen LogP contribution in [-0.4, -0.2) is 11.4 Å². The van der Waals surface area contributed by atoms with Crippen molar-refractivity contribution in [1.29, 1.82) is 0 Å². The second-order valence-electron chi connectivity index (χ2n) is 9.31. The molecule has 4 rings (SSSR count). The quantitative estimate of drug-likeness (QED) is 0.291. The molecule has 0 atom stereocenters. The van der Waals surface area contributed by atoms with Crippen molar-refractivity contribution in [2.75, 3.05) is 11.4 Å². The summed E-state index contributed by atoms with van der Waals surface area (Å²) in [6.45, 7) is 16.8. The van der Waals surface area contributed by atoms with Crippen LogP contribution in [0.1, 0.15) is 67.3 Å². The van der Waals surface area contributed by atoms with Crippen LogP contribution in [0.3, 0.4) is 0 Å². The van der Waals surface area contributed by atoms with E-state index in [9.17, 15) is 0 Å². The number of benzene rings is 2. The first-order chi connectivity index (χ1) is 15.8. The molecule has 3 aromatic carbocycles. The predicted molar refractivity (Wildman–Crippen MR) is 148 cm³/mol. The van der Waals surface area contributed by atoms with Crippen LogP contribution in [0, 0.1) is 27.9 Å². The van der Waals surface area contributed by atoms with Crippen LogP contribution in [0.15, 0.2) is 54.9 Å². The van der Waals surface area contributed by atoms with Crippen molar-refractivity contribution < 1.29 is 14.4 Å². The van der Waals surface area contributed by atoms with E-state index in [-0.39, 0.29) is 21.8 Å². The van der Waals surface area contributed by atoms with Crippen LogP contribution in [0.4, 0.5) is 5.69 Å². The Morgan fingerprint density at radius 2 is 1.50 bits per heavy atom. The van der Waals surface area contributed by atoms with Crippen LogP contribution < -0.4 is 4.90 Å². The summed E-state index contributed by atoms with van der Waals surface area (Å²) < 4.78 is 0. The van der Waals surface area contributed by atoms with E-state index in [0.717, 1.165) is 13.0 Å². The molecule has 2 nitrogen and oxygen atoms in total. The molecule has 0 spiro atoms. The molecule has 0 aromatic heterocycles. The Balaban J connectivity index is 0.000000970. The molecule has 0 saturated carbocycles. The summed E-state index contributed by atoms with van der Waals surface area (Å²) >= 11 is -0.368. The predicted octanol–water partition coefficient (Wildman–Crippen LogP) is 9.20. The Morgan fingerprint density at radius 3 is 2.09 bits per heavy atom. The number of rotatable bonds is 6. The van der Waals surface area contributed by atoms with Crippen LogP contribution >= 0.6 is 19.7 Å². The van der Waals surface area contributed by atoms with Crippen molar-refractivity contribution in [2.45, 2.75) is 59.8 Å². The number of hydrogen-bond acceptors (Lipinski definition) is 2. The van der Waals surface area contributed by atoms with Crippen LogP contribution in [0.5, 0.6) is 0 Å². The number of aryl methyl sites for hydroxylation is 2. The Hall–Kier alpha value is -1.45. The monoisotopic (exact) mass is 534 g/mol. The maximum absolute atomic E-state index is 4.86. The Kier molecular flexibility index (Phi) is 11.0. The van der Waals surface area contributed by atoms with Gasteiger partial charge in [-0.2, -0.15) is 12.7 Å². The van der Waals surface area contributed by atoms with Crippen LogP contribution in [0.25, 0.3) is 10.8 Å². The maximum atomic E-state index is 4.86. The molecule has 5 heteroatoms. The van der Waals surface area contributed by atoms with E-state index in [1.54, 1.807) is 0 Å². The second kappa shape index (κ2) is 13.0. The van der Waals surface area contributed by atoms with E-state index in [4.69, 9.17) is 19.7 Å². The summed E-state index contributed by atoms with van der Waals surface area (Å²) in [5.41, 5.74) is 8.38. The van der Waals surface area contributed by atoms with Gasteiger partial charge in [-0.3, -0.25) is 0 Å². The van der Waals surface area contributed by atoms with Crippen molar-refractivity contribution in [3.63, 3.8) is 0 Å².